The van der Waals surface area contributed by atoms with Crippen molar-refractivity contribution in [3.63, 3.8) is 0 Å². The highest BCUT2D eigenvalue weighted by molar-refractivity contribution is 6.35. The molecule has 2 nitrogen and oxygen atoms in total. The summed E-state index contributed by atoms with van der Waals surface area (Å²) in [5.41, 5.74) is 0.665. The van der Waals surface area contributed by atoms with Crippen molar-refractivity contribution in [1.29, 1.82) is 0 Å². The first kappa shape index (κ1) is 12.5. The average molecular weight is 275 g/mol. The number of halogens is 3. The van der Waals surface area contributed by atoms with Crippen molar-refractivity contribution >= 4 is 23.2 Å². The van der Waals surface area contributed by atoms with E-state index in [1.165, 1.54) is 36.4 Å². The highest BCUT2D eigenvalue weighted by Gasteiger charge is 2.29. The Kier molecular flexibility index (Phi) is 2.82. The van der Waals surface area contributed by atoms with E-state index in [2.05, 4.69) is 5.32 Å². The van der Waals surface area contributed by atoms with Crippen LogP contribution in [-0.4, -0.2) is 5.91 Å². The van der Waals surface area contributed by atoms with Crippen molar-refractivity contribution in [2.45, 2.75) is 0 Å². The number of hydrogen-bond acceptors (Lipinski definition) is 1. The number of fused-ring (bicyclic) bond motifs is 1. The second kappa shape index (κ2) is 4.52. The van der Waals surface area contributed by atoms with E-state index in [0.717, 1.165) is 6.07 Å². The lowest BCUT2D eigenvalue weighted by Gasteiger charge is -2.01. The number of amides is 1. The highest BCUT2D eigenvalue weighted by atomic mass is 19.2. The first-order valence-electron chi connectivity index (χ1n) is 5.83. The molecule has 2 aromatic rings. The molecule has 0 atom stereocenters. The standard InChI is InChI=1S/C15H8F3NO/c16-9-3-1-8(2-4-9)7-10-13-12(19-15(10)20)6-5-11(17)14(13)18/h1-7H,(H,19,20)/b10-7-. The smallest absolute Gasteiger partial charge is 0.256 e. The molecule has 2 aromatic carbocycles. The van der Waals surface area contributed by atoms with Gasteiger partial charge in [-0.25, -0.2) is 13.2 Å². The van der Waals surface area contributed by atoms with Crippen LogP contribution < -0.4 is 5.32 Å². The van der Waals surface area contributed by atoms with E-state index in [1.54, 1.807) is 0 Å². The van der Waals surface area contributed by atoms with Crippen molar-refractivity contribution in [3.8, 4) is 0 Å². The fraction of sp³-hybridized carbons (Fsp3) is 0. The Labute approximate surface area is 112 Å². The normalized spacial score (nSPS) is 15.3. The minimum atomic E-state index is -1.07. The Hall–Kier alpha value is -2.56. The summed E-state index contributed by atoms with van der Waals surface area (Å²) < 4.78 is 39.9. The molecule has 1 N–H and O–H groups in total. The molecule has 0 aliphatic carbocycles. The first-order chi connectivity index (χ1) is 9.56. The van der Waals surface area contributed by atoms with E-state index < -0.39 is 23.4 Å². The third kappa shape index (κ3) is 1.97. The zero-order valence-corrected chi connectivity index (χ0v) is 10.1. The number of carbonyl (C=O) groups excluding carboxylic acids is 1. The number of hydrogen-bond donors (Lipinski definition) is 1. The molecule has 5 heteroatoms. The molecule has 0 aromatic heterocycles. The number of rotatable bonds is 1. The lowest BCUT2D eigenvalue weighted by molar-refractivity contribution is -0.110. The van der Waals surface area contributed by atoms with Gasteiger partial charge in [-0.15, -0.1) is 0 Å². The van der Waals surface area contributed by atoms with E-state index >= 15 is 0 Å². The average Bonchev–Trinajstić information content (AvgIpc) is 2.74. The largest absolute Gasteiger partial charge is 0.321 e. The number of carbonyl (C=O) groups is 1. The summed E-state index contributed by atoms with van der Waals surface area (Å²) in [5.74, 6) is -3.03. The molecule has 20 heavy (non-hydrogen) atoms. The summed E-state index contributed by atoms with van der Waals surface area (Å²) in [6.07, 6.45) is 1.39. The van der Waals surface area contributed by atoms with Gasteiger partial charge in [-0.1, -0.05) is 12.1 Å². The zero-order chi connectivity index (χ0) is 14.3. The van der Waals surface area contributed by atoms with E-state index in [1.807, 2.05) is 0 Å². The summed E-state index contributed by atoms with van der Waals surface area (Å²) in [7, 11) is 0. The van der Waals surface area contributed by atoms with Crippen LogP contribution in [0, 0.1) is 17.5 Å². The topological polar surface area (TPSA) is 29.1 Å². The van der Waals surface area contributed by atoms with E-state index in [4.69, 9.17) is 0 Å². The van der Waals surface area contributed by atoms with Gasteiger partial charge in [0.05, 0.1) is 11.3 Å². The van der Waals surface area contributed by atoms with Crippen LogP contribution in [0.4, 0.5) is 18.9 Å². The van der Waals surface area contributed by atoms with Crippen molar-refractivity contribution in [1.82, 2.24) is 0 Å². The van der Waals surface area contributed by atoms with E-state index in [-0.39, 0.29) is 16.8 Å². The lowest BCUT2D eigenvalue weighted by Crippen LogP contribution is -2.03. The molecule has 1 aliphatic rings. The fourth-order valence-corrected chi connectivity index (χ4v) is 2.08. The molecule has 1 aliphatic heterocycles. The van der Waals surface area contributed by atoms with Crippen LogP contribution >= 0.6 is 0 Å². The molecule has 1 heterocycles. The van der Waals surface area contributed by atoms with Crippen molar-refractivity contribution < 1.29 is 18.0 Å². The van der Waals surface area contributed by atoms with Crippen LogP contribution in [0.5, 0.6) is 0 Å². The van der Waals surface area contributed by atoms with Gasteiger partial charge in [-0.2, -0.15) is 0 Å². The van der Waals surface area contributed by atoms with E-state index in [0.29, 0.717) is 5.56 Å². The Bertz CT molecular complexity index is 736. The van der Waals surface area contributed by atoms with Gasteiger partial charge in [0.2, 0.25) is 0 Å². The molecule has 3 rings (SSSR count). The summed E-state index contributed by atoms with van der Waals surface area (Å²) in [6, 6.07) is 7.60. The van der Waals surface area contributed by atoms with Crippen LogP contribution in [0.1, 0.15) is 11.1 Å². The van der Waals surface area contributed by atoms with Gasteiger partial charge in [-0.3, -0.25) is 4.79 Å². The maximum atomic E-state index is 13.8. The molecule has 0 bridgehead atoms. The molecule has 100 valence electrons. The molecular formula is C15H8F3NO. The number of anilines is 1. The third-order valence-electron chi connectivity index (χ3n) is 3.04. The second-order valence-electron chi connectivity index (χ2n) is 4.35. The van der Waals surface area contributed by atoms with Gasteiger partial charge in [0.1, 0.15) is 5.82 Å². The third-order valence-corrected chi connectivity index (χ3v) is 3.04. The Morgan fingerprint density at radius 3 is 2.35 bits per heavy atom. The molecule has 0 saturated heterocycles. The van der Waals surface area contributed by atoms with Crippen LogP contribution in [0.15, 0.2) is 36.4 Å². The Balaban J connectivity index is 2.14. The lowest BCUT2D eigenvalue weighted by atomic mass is 10.0. The van der Waals surface area contributed by atoms with Gasteiger partial charge in [0.15, 0.2) is 11.6 Å². The van der Waals surface area contributed by atoms with Crippen LogP contribution in [0.25, 0.3) is 11.6 Å². The van der Waals surface area contributed by atoms with Crippen molar-refractivity contribution in [2.24, 2.45) is 0 Å². The molecule has 0 unspecified atom stereocenters. The minimum absolute atomic E-state index is 0.0172. The van der Waals surface area contributed by atoms with E-state index in [9.17, 15) is 18.0 Å². The van der Waals surface area contributed by atoms with Gasteiger partial charge in [0, 0.05) is 5.56 Å². The maximum Gasteiger partial charge on any atom is 0.256 e. The molecule has 0 fully saturated rings. The predicted molar refractivity (Wildman–Crippen MR) is 69.3 cm³/mol. The van der Waals surface area contributed by atoms with Crippen LogP contribution in [-0.2, 0) is 4.79 Å². The van der Waals surface area contributed by atoms with Gasteiger partial charge in [-0.05, 0) is 35.9 Å². The zero-order valence-electron chi connectivity index (χ0n) is 10.1. The van der Waals surface area contributed by atoms with Gasteiger partial charge >= 0.3 is 0 Å². The quantitative estimate of drug-likeness (QED) is 0.792. The summed E-state index contributed by atoms with van der Waals surface area (Å²) in [5, 5.41) is 2.46. The molecule has 1 amide bonds. The van der Waals surface area contributed by atoms with Gasteiger partial charge in [0.25, 0.3) is 5.91 Å². The van der Waals surface area contributed by atoms with Crippen molar-refractivity contribution in [2.75, 3.05) is 5.32 Å². The first-order valence-corrected chi connectivity index (χ1v) is 5.83. The fourth-order valence-electron chi connectivity index (χ4n) is 2.08. The Morgan fingerprint density at radius 2 is 1.65 bits per heavy atom. The second-order valence-corrected chi connectivity index (χ2v) is 4.35. The summed E-state index contributed by atoms with van der Waals surface area (Å²) in [6.45, 7) is 0. The van der Waals surface area contributed by atoms with Crippen LogP contribution in [0.3, 0.4) is 0 Å². The molecule has 0 spiro atoms. The maximum absolute atomic E-state index is 13.8. The molecule has 0 saturated carbocycles. The summed E-state index contributed by atoms with van der Waals surface area (Å²) in [4.78, 5) is 11.8. The predicted octanol–water partition coefficient (Wildman–Crippen LogP) is 3.60. The SMILES string of the molecule is O=C1Nc2ccc(F)c(F)c2/C1=C/c1ccc(F)cc1. The summed E-state index contributed by atoms with van der Waals surface area (Å²) >= 11 is 0. The minimum Gasteiger partial charge on any atom is -0.321 e. The monoisotopic (exact) mass is 275 g/mol. The van der Waals surface area contributed by atoms with Gasteiger partial charge < -0.3 is 5.32 Å². The highest BCUT2D eigenvalue weighted by Crippen LogP contribution is 2.36. The molecular weight excluding hydrogens is 267 g/mol. The molecule has 0 radical (unpaired) electrons. The Morgan fingerprint density at radius 1 is 0.950 bits per heavy atom. The number of nitrogens with one attached hydrogen (secondary N) is 1. The number of benzene rings is 2. The van der Waals surface area contributed by atoms with Crippen LogP contribution in [0.2, 0.25) is 0 Å². The van der Waals surface area contributed by atoms with Crippen molar-refractivity contribution in [3.05, 3.63) is 65.0 Å².